The van der Waals surface area contributed by atoms with Gasteiger partial charge in [-0.3, -0.25) is 0 Å². The maximum absolute atomic E-state index is 11.2. The van der Waals surface area contributed by atoms with Gasteiger partial charge in [-0.15, -0.1) is 11.8 Å². The third-order valence-electron chi connectivity index (χ3n) is 2.33. The van der Waals surface area contributed by atoms with Gasteiger partial charge in [0.1, 0.15) is 5.82 Å². The number of hydrogen-bond acceptors (Lipinski definition) is 4. The molecule has 0 bridgehead atoms. The van der Waals surface area contributed by atoms with Crippen molar-refractivity contribution in [3.8, 4) is 0 Å². The van der Waals surface area contributed by atoms with E-state index in [0.717, 1.165) is 30.3 Å². The van der Waals surface area contributed by atoms with Crippen molar-refractivity contribution < 1.29 is 4.79 Å². The molecule has 0 aliphatic carbocycles. The minimum absolute atomic E-state index is 0.0380. The number of carbonyl (C=O) groups excluding carboxylic acids is 1. The molecule has 1 aliphatic heterocycles. The van der Waals surface area contributed by atoms with Crippen LogP contribution in [0.3, 0.4) is 0 Å². The van der Waals surface area contributed by atoms with Crippen LogP contribution in [0, 0.1) is 0 Å². The first-order valence-corrected chi connectivity index (χ1v) is 6.11. The lowest BCUT2D eigenvalue weighted by Gasteiger charge is -2.13. The number of anilines is 1. The standard InChI is InChI=1S/C10H14N4OS/c11-9-2-1-8(7-13-9)16-6-5-14-4-3-12-10(14)15/h1-2,7H,3-6H2,(H2,11,13)(H,12,15). The molecular weight excluding hydrogens is 224 g/mol. The fourth-order valence-electron chi connectivity index (χ4n) is 1.48. The second-order valence-corrected chi connectivity index (χ2v) is 4.65. The molecule has 0 atom stereocenters. The van der Waals surface area contributed by atoms with Crippen molar-refractivity contribution in [2.75, 3.05) is 31.1 Å². The summed E-state index contributed by atoms with van der Waals surface area (Å²) in [7, 11) is 0. The number of nitrogens with two attached hydrogens (primary N) is 1. The Balaban J connectivity index is 1.75. The van der Waals surface area contributed by atoms with Crippen LogP contribution < -0.4 is 11.1 Å². The number of carbonyl (C=O) groups is 1. The molecule has 2 amide bonds. The minimum Gasteiger partial charge on any atom is -0.384 e. The maximum Gasteiger partial charge on any atom is 0.317 e. The van der Waals surface area contributed by atoms with E-state index < -0.39 is 0 Å². The molecule has 6 heteroatoms. The molecular formula is C10H14N4OS. The molecule has 0 unspecified atom stereocenters. The summed E-state index contributed by atoms with van der Waals surface area (Å²) in [6.07, 6.45) is 1.75. The Hall–Kier alpha value is -1.43. The SMILES string of the molecule is Nc1ccc(SCCN2CCNC2=O)cn1. The van der Waals surface area contributed by atoms with Crippen LogP contribution in [0.15, 0.2) is 23.2 Å². The van der Waals surface area contributed by atoms with Crippen molar-refractivity contribution >= 4 is 23.6 Å². The van der Waals surface area contributed by atoms with Gasteiger partial charge >= 0.3 is 6.03 Å². The van der Waals surface area contributed by atoms with Crippen molar-refractivity contribution in [2.24, 2.45) is 0 Å². The minimum atomic E-state index is 0.0380. The number of amides is 2. The van der Waals surface area contributed by atoms with E-state index in [1.807, 2.05) is 11.0 Å². The molecule has 86 valence electrons. The third-order valence-corrected chi connectivity index (χ3v) is 3.30. The molecule has 0 saturated carbocycles. The summed E-state index contributed by atoms with van der Waals surface area (Å²) in [6.45, 7) is 2.33. The fraction of sp³-hybridized carbons (Fsp3) is 0.400. The van der Waals surface area contributed by atoms with Crippen LogP contribution in [0.1, 0.15) is 0 Å². The van der Waals surface area contributed by atoms with Crippen molar-refractivity contribution in [3.63, 3.8) is 0 Å². The number of hydrogen-bond donors (Lipinski definition) is 2. The van der Waals surface area contributed by atoms with Crippen LogP contribution in [0.4, 0.5) is 10.6 Å². The summed E-state index contributed by atoms with van der Waals surface area (Å²) in [6, 6.07) is 3.76. The molecule has 5 nitrogen and oxygen atoms in total. The number of nitrogen functional groups attached to an aromatic ring is 1. The number of pyridine rings is 1. The molecule has 3 N–H and O–H groups in total. The van der Waals surface area contributed by atoms with Gasteiger partial charge in [0, 0.05) is 36.5 Å². The Bertz CT molecular complexity index is 368. The Morgan fingerprint density at radius 3 is 3.06 bits per heavy atom. The summed E-state index contributed by atoms with van der Waals surface area (Å²) in [5.74, 6) is 1.40. The van der Waals surface area contributed by atoms with E-state index in [9.17, 15) is 4.79 Å². The van der Waals surface area contributed by atoms with E-state index in [1.165, 1.54) is 0 Å². The van der Waals surface area contributed by atoms with Crippen molar-refractivity contribution in [1.82, 2.24) is 15.2 Å². The van der Waals surface area contributed by atoms with Crippen molar-refractivity contribution in [2.45, 2.75) is 4.90 Å². The van der Waals surface area contributed by atoms with Gasteiger partial charge < -0.3 is 16.0 Å². The number of urea groups is 1. The van der Waals surface area contributed by atoms with Gasteiger partial charge in [-0.2, -0.15) is 0 Å². The summed E-state index contributed by atoms with van der Waals surface area (Å²) in [5, 5.41) is 2.77. The number of thioether (sulfide) groups is 1. The van der Waals surface area contributed by atoms with Gasteiger partial charge in [-0.05, 0) is 12.1 Å². The quantitative estimate of drug-likeness (QED) is 0.760. The second-order valence-electron chi connectivity index (χ2n) is 3.49. The predicted octanol–water partition coefficient (Wildman–Crippen LogP) is 0.781. The van der Waals surface area contributed by atoms with Gasteiger partial charge in [-0.25, -0.2) is 9.78 Å². The maximum atomic E-state index is 11.2. The number of rotatable bonds is 4. The first kappa shape index (κ1) is 11.1. The van der Waals surface area contributed by atoms with Gasteiger partial charge in [0.05, 0.1) is 0 Å². The van der Waals surface area contributed by atoms with E-state index >= 15 is 0 Å². The molecule has 1 aliphatic rings. The van der Waals surface area contributed by atoms with E-state index in [0.29, 0.717) is 5.82 Å². The molecule has 2 heterocycles. The van der Waals surface area contributed by atoms with Gasteiger partial charge in [0.2, 0.25) is 0 Å². The molecule has 1 fully saturated rings. The van der Waals surface area contributed by atoms with Crippen molar-refractivity contribution in [1.29, 1.82) is 0 Å². The highest BCUT2D eigenvalue weighted by Gasteiger charge is 2.18. The average molecular weight is 238 g/mol. The van der Waals surface area contributed by atoms with Crippen LogP contribution >= 0.6 is 11.8 Å². The van der Waals surface area contributed by atoms with E-state index in [4.69, 9.17) is 5.73 Å². The number of nitrogens with zero attached hydrogens (tertiary/aromatic N) is 2. The lowest BCUT2D eigenvalue weighted by molar-refractivity contribution is 0.220. The van der Waals surface area contributed by atoms with Gasteiger partial charge in [0.25, 0.3) is 0 Å². The Labute approximate surface area is 98.4 Å². The third kappa shape index (κ3) is 2.79. The highest BCUT2D eigenvalue weighted by atomic mass is 32.2. The van der Waals surface area contributed by atoms with Gasteiger partial charge in [0.15, 0.2) is 0 Å². The van der Waals surface area contributed by atoms with E-state index in [2.05, 4.69) is 10.3 Å². The molecule has 0 spiro atoms. The Kier molecular flexibility index (Phi) is 3.51. The smallest absolute Gasteiger partial charge is 0.317 e. The van der Waals surface area contributed by atoms with Crippen LogP contribution in [-0.2, 0) is 0 Å². The highest BCUT2D eigenvalue weighted by molar-refractivity contribution is 7.99. The molecule has 0 radical (unpaired) electrons. The fourth-order valence-corrected chi connectivity index (χ4v) is 2.31. The van der Waals surface area contributed by atoms with Crippen LogP contribution in [0.2, 0.25) is 0 Å². The number of nitrogens with one attached hydrogen (secondary N) is 1. The number of aromatic nitrogens is 1. The first-order valence-electron chi connectivity index (χ1n) is 5.13. The molecule has 0 aromatic carbocycles. The first-order chi connectivity index (χ1) is 7.75. The lowest BCUT2D eigenvalue weighted by atomic mass is 10.5. The molecule has 2 rings (SSSR count). The Morgan fingerprint density at radius 1 is 1.56 bits per heavy atom. The summed E-state index contributed by atoms with van der Waals surface area (Å²) >= 11 is 1.68. The van der Waals surface area contributed by atoms with Crippen molar-refractivity contribution in [3.05, 3.63) is 18.3 Å². The Morgan fingerprint density at radius 2 is 2.44 bits per heavy atom. The second kappa shape index (κ2) is 5.07. The summed E-state index contributed by atoms with van der Waals surface area (Å²) in [4.78, 5) is 18.1. The molecule has 1 saturated heterocycles. The largest absolute Gasteiger partial charge is 0.384 e. The summed E-state index contributed by atoms with van der Waals surface area (Å²) < 4.78 is 0. The zero-order valence-electron chi connectivity index (χ0n) is 8.85. The highest BCUT2D eigenvalue weighted by Crippen LogP contribution is 2.17. The van der Waals surface area contributed by atoms with Gasteiger partial charge in [-0.1, -0.05) is 0 Å². The summed E-state index contributed by atoms with van der Waals surface area (Å²) in [5.41, 5.74) is 5.49. The molecule has 1 aromatic rings. The monoisotopic (exact) mass is 238 g/mol. The van der Waals surface area contributed by atoms with Crippen LogP contribution in [0.5, 0.6) is 0 Å². The average Bonchev–Trinajstić information content (AvgIpc) is 2.68. The predicted molar refractivity (Wildman–Crippen MR) is 64.3 cm³/mol. The molecule has 1 aromatic heterocycles. The zero-order valence-corrected chi connectivity index (χ0v) is 9.67. The topological polar surface area (TPSA) is 71.2 Å². The zero-order chi connectivity index (χ0) is 11.4. The lowest BCUT2D eigenvalue weighted by Crippen LogP contribution is -2.30. The van der Waals surface area contributed by atoms with Crippen LogP contribution in [0.25, 0.3) is 0 Å². The van der Waals surface area contributed by atoms with E-state index in [1.54, 1.807) is 24.0 Å². The molecule has 16 heavy (non-hydrogen) atoms. The van der Waals surface area contributed by atoms with Crippen LogP contribution in [-0.4, -0.2) is 41.3 Å². The van der Waals surface area contributed by atoms with E-state index in [-0.39, 0.29) is 6.03 Å². The normalized spacial score (nSPS) is 15.2.